The second kappa shape index (κ2) is 9.56. The van der Waals surface area contributed by atoms with E-state index < -0.39 is 22.0 Å². The van der Waals surface area contributed by atoms with Gasteiger partial charge < -0.3 is 5.32 Å². The lowest BCUT2D eigenvalue weighted by Gasteiger charge is -2.16. The predicted molar refractivity (Wildman–Crippen MR) is 106 cm³/mol. The molecule has 1 unspecified atom stereocenters. The summed E-state index contributed by atoms with van der Waals surface area (Å²) >= 11 is 1.54. The predicted octanol–water partition coefficient (Wildman–Crippen LogP) is 2.07. The zero-order valence-corrected chi connectivity index (χ0v) is 16.3. The lowest BCUT2D eigenvalue weighted by Crippen LogP contribution is -2.43. The average Bonchev–Trinajstić information content (AvgIpc) is 3.02. The molecular formula is C17H22N4O3S2. The maximum atomic E-state index is 12.5. The SMILES string of the molecule is CSCCC(NS(=O)(=O)/C=C/c1ccccc1)C(=O)Nc1ccn(C)n1. The van der Waals surface area contributed by atoms with Crippen molar-refractivity contribution in [2.45, 2.75) is 12.5 Å². The highest BCUT2D eigenvalue weighted by Gasteiger charge is 2.23. The zero-order chi connectivity index (χ0) is 19.0. The second-order valence-corrected chi connectivity index (χ2v) is 8.16. The Balaban J connectivity index is 2.07. The van der Waals surface area contributed by atoms with Crippen LogP contribution in [0.1, 0.15) is 12.0 Å². The van der Waals surface area contributed by atoms with Crippen LogP contribution in [0.4, 0.5) is 5.82 Å². The first-order chi connectivity index (χ1) is 12.4. The van der Waals surface area contributed by atoms with Gasteiger partial charge >= 0.3 is 0 Å². The molecule has 0 bridgehead atoms. The Bertz CT molecular complexity index is 848. The summed E-state index contributed by atoms with van der Waals surface area (Å²) in [5.74, 6) is 0.589. The number of benzene rings is 1. The number of carbonyl (C=O) groups is 1. The fraction of sp³-hybridized carbons (Fsp3) is 0.294. The lowest BCUT2D eigenvalue weighted by molar-refractivity contribution is -0.117. The third-order valence-electron chi connectivity index (χ3n) is 3.44. The summed E-state index contributed by atoms with van der Waals surface area (Å²) in [5.41, 5.74) is 0.761. The van der Waals surface area contributed by atoms with Gasteiger partial charge in [0.05, 0.1) is 0 Å². The van der Waals surface area contributed by atoms with E-state index in [4.69, 9.17) is 0 Å². The average molecular weight is 395 g/mol. The Labute approximate surface area is 157 Å². The van der Waals surface area contributed by atoms with Crippen LogP contribution in [0.25, 0.3) is 6.08 Å². The molecule has 2 rings (SSSR count). The number of hydrogen-bond acceptors (Lipinski definition) is 5. The van der Waals surface area contributed by atoms with Gasteiger partial charge in [-0.25, -0.2) is 8.42 Å². The van der Waals surface area contributed by atoms with E-state index >= 15 is 0 Å². The number of thioether (sulfide) groups is 1. The van der Waals surface area contributed by atoms with Gasteiger partial charge in [-0.05, 0) is 30.1 Å². The Morgan fingerprint density at radius 1 is 1.31 bits per heavy atom. The summed E-state index contributed by atoms with van der Waals surface area (Å²) in [7, 11) is -2.03. The summed E-state index contributed by atoms with van der Waals surface area (Å²) < 4.78 is 28.7. The topological polar surface area (TPSA) is 93.1 Å². The molecule has 7 nitrogen and oxygen atoms in total. The van der Waals surface area contributed by atoms with E-state index in [1.54, 1.807) is 47.9 Å². The van der Waals surface area contributed by atoms with Crippen molar-refractivity contribution >= 4 is 39.6 Å². The highest BCUT2D eigenvalue weighted by atomic mass is 32.2. The first kappa shape index (κ1) is 20.2. The largest absolute Gasteiger partial charge is 0.308 e. The number of amides is 1. The molecule has 0 aliphatic rings. The standard InChI is InChI=1S/C17H22N4O3S2/c1-21-11-8-16(19-21)18-17(22)15(9-12-25-2)20-26(23,24)13-10-14-6-4-3-5-7-14/h3-8,10-11,13,15,20H,9,12H2,1-2H3,(H,18,19,22)/b13-10+. The van der Waals surface area contributed by atoms with Gasteiger partial charge in [0.25, 0.3) is 0 Å². The summed E-state index contributed by atoms with van der Waals surface area (Å²) in [6, 6.07) is 9.85. The molecular weight excluding hydrogens is 372 g/mol. The van der Waals surface area contributed by atoms with Gasteiger partial charge in [0.1, 0.15) is 6.04 Å². The van der Waals surface area contributed by atoms with E-state index in [0.717, 1.165) is 11.0 Å². The van der Waals surface area contributed by atoms with Crippen molar-refractivity contribution in [1.82, 2.24) is 14.5 Å². The molecule has 2 aromatic rings. The minimum Gasteiger partial charge on any atom is -0.308 e. The van der Waals surface area contributed by atoms with Crippen LogP contribution in [-0.4, -0.2) is 42.2 Å². The minimum absolute atomic E-state index is 0.373. The van der Waals surface area contributed by atoms with Crippen molar-refractivity contribution in [1.29, 1.82) is 0 Å². The molecule has 26 heavy (non-hydrogen) atoms. The number of aromatic nitrogens is 2. The van der Waals surface area contributed by atoms with Crippen molar-refractivity contribution in [2.75, 3.05) is 17.3 Å². The number of nitrogens with zero attached hydrogens (tertiary/aromatic N) is 2. The number of hydrogen-bond donors (Lipinski definition) is 2. The smallest absolute Gasteiger partial charge is 0.243 e. The van der Waals surface area contributed by atoms with E-state index in [0.29, 0.717) is 18.0 Å². The Morgan fingerprint density at radius 2 is 2.04 bits per heavy atom. The van der Waals surface area contributed by atoms with E-state index in [-0.39, 0.29) is 0 Å². The molecule has 1 aromatic carbocycles. The normalized spacial score (nSPS) is 13.0. The Morgan fingerprint density at radius 3 is 2.65 bits per heavy atom. The first-order valence-electron chi connectivity index (χ1n) is 7.94. The van der Waals surface area contributed by atoms with Gasteiger partial charge in [-0.15, -0.1) is 0 Å². The second-order valence-electron chi connectivity index (χ2n) is 5.57. The van der Waals surface area contributed by atoms with Crippen molar-refractivity contribution in [2.24, 2.45) is 7.05 Å². The summed E-state index contributed by atoms with van der Waals surface area (Å²) in [5, 5.41) is 7.78. The number of nitrogens with one attached hydrogen (secondary N) is 2. The van der Waals surface area contributed by atoms with Crippen LogP contribution in [0.15, 0.2) is 48.0 Å². The van der Waals surface area contributed by atoms with Crippen LogP contribution in [-0.2, 0) is 21.9 Å². The zero-order valence-electron chi connectivity index (χ0n) is 14.6. The number of carbonyl (C=O) groups excluding carboxylic acids is 1. The van der Waals surface area contributed by atoms with Gasteiger partial charge in [-0.3, -0.25) is 9.48 Å². The van der Waals surface area contributed by atoms with Crippen LogP contribution >= 0.6 is 11.8 Å². The quantitative estimate of drug-likeness (QED) is 0.679. The fourth-order valence-corrected chi connectivity index (χ4v) is 3.65. The number of aryl methyl sites for hydroxylation is 1. The third kappa shape index (κ3) is 6.66. The molecule has 0 radical (unpaired) electrons. The van der Waals surface area contributed by atoms with Crippen molar-refractivity contribution in [3.8, 4) is 0 Å². The maximum Gasteiger partial charge on any atom is 0.243 e. The molecule has 1 atom stereocenters. The van der Waals surface area contributed by atoms with Crippen LogP contribution < -0.4 is 10.0 Å². The molecule has 1 heterocycles. The van der Waals surface area contributed by atoms with Gasteiger partial charge in [-0.2, -0.15) is 21.6 Å². The van der Waals surface area contributed by atoms with Crippen LogP contribution in [0, 0.1) is 0 Å². The van der Waals surface area contributed by atoms with E-state index in [9.17, 15) is 13.2 Å². The Hall–Kier alpha value is -2.10. The van der Waals surface area contributed by atoms with Crippen molar-refractivity contribution in [3.63, 3.8) is 0 Å². The summed E-state index contributed by atoms with van der Waals surface area (Å²) in [4.78, 5) is 12.5. The van der Waals surface area contributed by atoms with Crippen molar-refractivity contribution in [3.05, 3.63) is 53.6 Å². The van der Waals surface area contributed by atoms with E-state index in [1.165, 1.54) is 6.08 Å². The van der Waals surface area contributed by atoms with Crippen LogP contribution in [0.5, 0.6) is 0 Å². The number of sulfonamides is 1. The number of rotatable bonds is 9. The van der Waals surface area contributed by atoms with Crippen LogP contribution in [0.2, 0.25) is 0 Å². The molecule has 0 saturated carbocycles. The molecule has 1 amide bonds. The van der Waals surface area contributed by atoms with E-state index in [2.05, 4.69) is 15.1 Å². The number of anilines is 1. The fourth-order valence-electron chi connectivity index (χ4n) is 2.14. The van der Waals surface area contributed by atoms with Gasteiger partial charge in [0, 0.05) is 24.7 Å². The maximum absolute atomic E-state index is 12.5. The highest BCUT2D eigenvalue weighted by molar-refractivity contribution is 7.98. The molecule has 0 saturated heterocycles. The third-order valence-corrected chi connectivity index (χ3v) is 5.19. The van der Waals surface area contributed by atoms with Gasteiger partial charge in [0.2, 0.25) is 15.9 Å². The molecule has 0 fully saturated rings. The molecule has 0 spiro atoms. The lowest BCUT2D eigenvalue weighted by atomic mass is 10.2. The molecule has 140 valence electrons. The molecule has 0 aliphatic heterocycles. The van der Waals surface area contributed by atoms with Crippen LogP contribution in [0.3, 0.4) is 0 Å². The van der Waals surface area contributed by atoms with E-state index in [1.807, 2.05) is 24.5 Å². The molecule has 2 N–H and O–H groups in total. The summed E-state index contributed by atoms with van der Waals surface area (Å²) in [6.07, 6.45) is 5.46. The monoisotopic (exact) mass is 394 g/mol. The van der Waals surface area contributed by atoms with Crippen molar-refractivity contribution < 1.29 is 13.2 Å². The first-order valence-corrected chi connectivity index (χ1v) is 10.9. The molecule has 0 aliphatic carbocycles. The van der Waals surface area contributed by atoms with Gasteiger partial charge in [0.15, 0.2) is 5.82 Å². The minimum atomic E-state index is -3.77. The highest BCUT2D eigenvalue weighted by Crippen LogP contribution is 2.09. The Kier molecular flexibility index (Phi) is 7.43. The molecule has 1 aromatic heterocycles. The van der Waals surface area contributed by atoms with Gasteiger partial charge in [-0.1, -0.05) is 30.3 Å². The summed E-state index contributed by atoms with van der Waals surface area (Å²) in [6.45, 7) is 0. The molecule has 9 heteroatoms.